The fourth-order valence-corrected chi connectivity index (χ4v) is 0.817. The molecule has 0 aliphatic heterocycles. The summed E-state index contributed by atoms with van der Waals surface area (Å²) in [7, 11) is 0. The first-order chi connectivity index (χ1) is 5.83. The highest BCUT2D eigenvalue weighted by atomic mass is 16.5. The molecule has 1 atom stereocenters. The van der Waals surface area contributed by atoms with Gasteiger partial charge in [-0.3, -0.25) is 0 Å². The minimum absolute atomic E-state index is 0.195. The third kappa shape index (κ3) is 2.72. The molecule has 1 rings (SSSR count). The van der Waals surface area contributed by atoms with Crippen LogP contribution in [0.1, 0.15) is 19.1 Å². The number of nitriles is 1. The van der Waals surface area contributed by atoms with E-state index in [1.165, 1.54) is 0 Å². The van der Waals surface area contributed by atoms with Gasteiger partial charge in [0.05, 0.1) is 25.2 Å². The molecule has 1 heterocycles. The summed E-state index contributed by atoms with van der Waals surface area (Å²) in [5.41, 5.74) is 0. The highest BCUT2D eigenvalue weighted by molar-refractivity contribution is 4.92. The van der Waals surface area contributed by atoms with Crippen LogP contribution in [0.2, 0.25) is 0 Å². The maximum Gasteiger partial charge on any atom is 0.150 e. The zero-order valence-electron chi connectivity index (χ0n) is 6.95. The van der Waals surface area contributed by atoms with Crippen LogP contribution in [0.25, 0.3) is 0 Å². The van der Waals surface area contributed by atoms with Crippen molar-refractivity contribution in [3.63, 3.8) is 0 Å². The summed E-state index contributed by atoms with van der Waals surface area (Å²) in [5, 5.41) is 15.1. The van der Waals surface area contributed by atoms with E-state index < -0.39 is 0 Å². The van der Waals surface area contributed by atoms with E-state index in [1.54, 1.807) is 12.3 Å². The number of hydrogen-bond donors (Lipinski definition) is 1. The lowest BCUT2D eigenvalue weighted by Crippen LogP contribution is -2.24. The van der Waals surface area contributed by atoms with Crippen LogP contribution in [0.15, 0.2) is 16.8 Å². The Morgan fingerprint density at radius 2 is 2.67 bits per heavy atom. The second-order valence-electron chi connectivity index (χ2n) is 2.62. The normalized spacial score (nSPS) is 12.3. The third-order valence-corrected chi connectivity index (χ3v) is 1.51. The van der Waals surface area contributed by atoms with Gasteiger partial charge in [0.25, 0.3) is 0 Å². The SMILES string of the molecule is CC(CC#N)NCc1ccno1. The van der Waals surface area contributed by atoms with E-state index in [9.17, 15) is 0 Å². The Balaban J connectivity index is 2.23. The highest BCUT2D eigenvalue weighted by Crippen LogP contribution is 1.97. The minimum Gasteiger partial charge on any atom is -0.360 e. The molecule has 4 nitrogen and oxygen atoms in total. The van der Waals surface area contributed by atoms with Crippen molar-refractivity contribution in [3.8, 4) is 6.07 Å². The first-order valence-electron chi connectivity index (χ1n) is 3.83. The van der Waals surface area contributed by atoms with Crippen molar-refractivity contribution in [3.05, 3.63) is 18.0 Å². The predicted octanol–water partition coefficient (Wildman–Crippen LogP) is 1.07. The Labute approximate surface area is 71.2 Å². The number of nitrogens with one attached hydrogen (secondary N) is 1. The molecule has 0 aliphatic carbocycles. The van der Waals surface area contributed by atoms with Gasteiger partial charge < -0.3 is 9.84 Å². The number of rotatable bonds is 4. The summed E-state index contributed by atoms with van der Waals surface area (Å²) in [6, 6.07) is 4.08. The molecule has 12 heavy (non-hydrogen) atoms. The number of hydrogen-bond acceptors (Lipinski definition) is 4. The van der Waals surface area contributed by atoms with E-state index in [2.05, 4.69) is 16.5 Å². The van der Waals surface area contributed by atoms with Gasteiger partial charge in [-0.1, -0.05) is 5.16 Å². The van der Waals surface area contributed by atoms with E-state index in [-0.39, 0.29) is 6.04 Å². The van der Waals surface area contributed by atoms with Crippen molar-refractivity contribution in [2.24, 2.45) is 0 Å². The van der Waals surface area contributed by atoms with Crippen LogP contribution < -0.4 is 5.32 Å². The molecular formula is C8H11N3O. The van der Waals surface area contributed by atoms with Gasteiger partial charge in [-0.2, -0.15) is 5.26 Å². The van der Waals surface area contributed by atoms with Crippen molar-refractivity contribution >= 4 is 0 Å². The largest absolute Gasteiger partial charge is 0.360 e. The average molecular weight is 165 g/mol. The molecule has 1 aromatic rings. The van der Waals surface area contributed by atoms with Gasteiger partial charge in [0, 0.05) is 12.1 Å². The minimum atomic E-state index is 0.195. The molecule has 1 unspecified atom stereocenters. The van der Waals surface area contributed by atoms with Gasteiger partial charge >= 0.3 is 0 Å². The molecule has 0 saturated heterocycles. The first kappa shape index (κ1) is 8.75. The number of nitrogens with zero attached hydrogens (tertiary/aromatic N) is 2. The Kier molecular flexibility index (Phi) is 3.30. The van der Waals surface area contributed by atoms with Gasteiger partial charge in [0.1, 0.15) is 5.76 Å². The van der Waals surface area contributed by atoms with Crippen molar-refractivity contribution in [1.82, 2.24) is 10.5 Å². The molecule has 1 aromatic heterocycles. The molecule has 0 radical (unpaired) electrons. The van der Waals surface area contributed by atoms with Gasteiger partial charge in [0.2, 0.25) is 0 Å². The fraction of sp³-hybridized carbons (Fsp3) is 0.500. The Bertz CT molecular complexity index is 250. The van der Waals surface area contributed by atoms with Crippen LogP contribution in [0, 0.1) is 11.3 Å². The molecule has 64 valence electrons. The maximum atomic E-state index is 8.37. The Morgan fingerprint density at radius 1 is 1.83 bits per heavy atom. The van der Waals surface area contributed by atoms with Crippen molar-refractivity contribution in [2.45, 2.75) is 25.9 Å². The lowest BCUT2D eigenvalue weighted by atomic mass is 10.2. The quantitative estimate of drug-likeness (QED) is 0.724. The highest BCUT2D eigenvalue weighted by Gasteiger charge is 2.01. The molecule has 0 saturated carbocycles. The monoisotopic (exact) mass is 165 g/mol. The van der Waals surface area contributed by atoms with E-state index in [0.717, 1.165) is 5.76 Å². The van der Waals surface area contributed by atoms with Crippen LogP contribution in [0.3, 0.4) is 0 Å². The average Bonchev–Trinajstić information content (AvgIpc) is 2.53. The van der Waals surface area contributed by atoms with Gasteiger partial charge in [-0.05, 0) is 6.92 Å². The predicted molar refractivity (Wildman–Crippen MR) is 43.0 cm³/mol. The molecular weight excluding hydrogens is 154 g/mol. The summed E-state index contributed by atoms with van der Waals surface area (Å²) in [5.74, 6) is 0.791. The summed E-state index contributed by atoms with van der Waals surface area (Å²) >= 11 is 0. The second kappa shape index (κ2) is 4.52. The van der Waals surface area contributed by atoms with E-state index in [0.29, 0.717) is 13.0 Å². The summed E-state index contributed by atoms with van der Waals surface area (Å²) in [6.45, 7) is 2.59. The summed E-state index contributed by atoms with van der Waals surface area (Å²) < 4.78 is 4.87. The van der Waals surface area contributed by atoms with Crippen LogP contribution in [0.4, 0.5) is 0 Å². The zero-order chi connectivity index (χ0) is 8.81. The summed E-state index contributed by atoms with van der Waals surface area (Å²) in [6.07, 6.45) is 2.11. The number of aromatic nitrogens is 1. The molecule has 4 heteroatoms. The Morgan fingerprint density at radius 3 is 3.25 bits per heavy atom. The molecule has 0 aromatic carbocycles. The molecule has 0 amide bonds. The van der Waals surface area contributed by atoms with Gasteiger partial charge in [-0.15, -0.1) is 0 Å². The van der Waals surface area contributed by atoms with Crippen LogP contribution in [0.5, 0.6) is 0 Å². The Hall–Kier alpha value is -1.34. The van der Waals surface area contributed by atoms with Crippen molar-refractivity contribution in [2.75, 3.05) is 0 Å². The third-order valence-electron chi connectivity index (χ3n) is 1.51. The van der Waals surface area contributed by atoms with E-state index in [4.69, 9.17) is 9.78 Å². The van der Waals surface area contributed by atoms with Crippen LogP contribution in [-0.4, -0.2) is 11.2 Å². The molecule has 0 fully saturated rings. The van der Waals surface area contributed by atoms with Crippen molar-refractivity contribution < 1.29 is 4.52 Å². The van der Waals surface area contributed by atoms with E-state index >= 15 is 0 Å². The van der Waals surface area contributed by atoms with E-state index in [1.807, 2.05) is 6.92 Å². The first-order valence-corrected chi connectivity index (χ1v) is 3.83. The van der Waals surface area contributed by atoms with Crippen LogP contribution in [-0.2, 0) is 6.54 Å². The second-order valence-corrected chi connectivity index (χ2v) is 2.62. The molecule has 0 aliphatic rings. The zero-order valence-corrected chi connectivity index (χ0v) is 6.95. The smallest absolute Gasteiger partial charge is 0.150 e. The standard InChI is InChI=1S/C8H11N3O/c1-7(2-4-9)10-6-8-3-5-11-12-8/h3,5,7,10H,2,6H2,1H3. The lowest BCUT2D eigenvalue weighted by molar-refractivity contribution is 0.365. The van der Waals surface area contributed by atoms with Gasteiger partial charge in [0.15, 0.2) is 0 Å². The van der Waals surface area contributed by atoms with Crippen molar-refractivity contribution in [1.29, 1.82) is 5.26 Å². The fourth-order valence-electron chi connectivity index (χ4n) is 0.817. The molecule has 0 bridgehead atoms. The maximum absolute atomic E-state index is 8.37. The summed E-state index contributed by atoms with van der Waals surface area (Å²) in [4.78, 5) is 0. The van der Waals surface area contributed by atoms with Crippen LogP contribution >= 0.6 is 0 Å². The topological polar surface area (TPSA) is 61.9 Å². The lowest BCUT2D eigenvalue weighted by Gasteiger charge is -2.06. The molecule has 1 N–H and O–H groups in total. The van der Waals surface area contributed by atoms with Gasteiger partial charge in [-0.25, -0.2) is 0 Å². The molecule has 0 spiro atoms.